The Morgan fingerprint density at radius 1 is 1.42 bits per heavy atom. The summed E-state index contributed by atoms with van der Waals surface area (Å²) in [7, 11) is 0. The molecule has 0 aliphatic rings. The number of carboxylic acid groups (broad SMARTS) is 1. The third-order valence-corrected chi connectivity index (χ3v) is 3.31. The van der Waals surface area contributed by atoms with E-state index in [0.717, 1.165) is 0 Å². The Bertz CT molecular complexity index is 483. The van der Waals surface area contributed by atoms with Crippen LogP contribution in [0.25, 0.3) is 0 Å². The molecule has 1 amide bonds. The first-order chi connectivity index (χ1) is 8.77. The lowest BCUT2D eigenvalue weighted by atomic mass is 9.86. The summed E-state index contributed by atoms with van der Waals surface area (Å²) in [5, 5.41) is 12.3. The van der Waals surface area contributed by atoms with Crippen LogP contribution in [-0.4, -0.2) is 34.3 Å². The Hall–Kier alpha value is -1.56. The van der Waals surface area contributed by atoms with Gasteiger partial charge < -0.3 is 10.4 Å². The van der Waals surface area contributed by atoms with Crippen LogP contribution in [0.1, 0.15) is 31.1 Å². The van der Waals surface area contributed by atoms with Crippen molar-refractivity contribution in [2.24, 2.45) is 5.41 Å². The van der Waals surface area contributed by atoms with Gasteiger partial charge in [-0.15, -0.1) is 11.8 Å². The number of carbonyl (C=O) groups excluding carboxylic acids is 1. The first kappa shape index (κ1) is 15.5. The van der Waals surface area contributed by atoms with Gasteiger partial charge in [-0.2, -0.15) is 0 Å². The summed E-state index contributed by atoms with van der Waals surface area (Å²) in [5.74, 6) is -1.46. The molecule has 1 unspecified atom stereocenters. The van der Waals surface area contributed by atoms with E-state index in [1.807, 2.05) is 6.26 Å². The maximum atomic E-state index is 12.2. The van der Waals surface area contributed by atoms with Gasteiger partial charge in [0.05, 0.1) is 5.56 Å². The molecule has 1 heterocycles. The normalized spacial score (nSPS) is 12.8. The van der Waals surface area contributed by atoms with Gasteiger partial charge in [0.2, 0.25) is 0 Å². The Morgan fingerprint density at radius 2 is 2.05 bits per heavy atom. The lowest BCUT2D eigenvalue weighted by molar-refractivity contribution is -0.142. The Balaban J connectivity index is 2.98. The minimum Gasteiger partial charge on any atom is -0.480 e. The number of carbonyl (C=O) groups is 2. The van der Waals surface area contributed by atoms with E-state index in [9.17, 15) is 14.7 Å². The number of aromatic nitrogens is 1. The van der Waals surface area contributed by atoms with Gasteiger partial charge in [-0.1, -0.05) is 20.8 Å². The third-order valence-electron chi connectivity index (χ3n) is 2.60. The monoisotopic (exact) mass is 282 g/mol. The summed E-state index contributed by atoms with van der Waals surface area (Å²) in [6.07, 6.45) is 3.42. The molecule has 5 nitrogen and oxygen atoms in total. The fourth-order valence-corrected chi connectivity index (χ4v) is 2.13. The summed E-state index contributed by atoms with van der Waals surface area (Å²) in [5.41, 5.74) is -0.172. The van der Waals surface area contributed by atoms with Gasteiger partial charge in [0.15, 0.2) is 0 Å². The second-order valence-corrected chi connectivity index (χ2v) is 5.97. The zero-order valence-corrected chi connectivity index (χ0v) is 12.2. The Morgan fingerprint density at radius 3 is 2.53 bits per heavy atom. The van der Waals surface area contributed by atoms with Crippen LogP contribution in [0, 0.1) is 5.41 Å². The molecule has 0 aliphatic carbocycles. The van der Waals surface area contributed by atoms with Crippen LogP contribution in [0.2, 0.25) is 0 Å². The molecule has 0 radical (unpaired) electrons. The Kier molecular flexibility index (Phi) is 4.94. The van der Waals surface area contributed by atoms with Crippen molar-refractivity contribution in [2.45, 2.75) is 31.8 Å². The molecule has 0 bridgehead atoms. The summed E-state index contributed by atoms with van der Waals surface area (Å²) < 4.78 is 0. The molecule has 1 rings (SSSR count). The summed E-state index contributed by atoms with van der Waals surface area (Å²) >= 11 is 1.35. The zero-order valence-electron chi connectivity index (χ0n) is 11.4. The minimum atomic E-state index is -1.05. The van der Waals surface area contributed by atoms with Crippen molar-refractivity contribution in [1.82, 2.24) is 10.3 Å². The highest BCUT2D eigenvalue weighted by Crippen LogP contribution is 2.21. The number of hydrogen-bond acceptors (Lipinski definition) is 4. The van der Waals surface area contributed by atoms with Crippen LogP contribution in [0.15, 0.2) is 23.4 Å². The number of pyridine rings is 1. The fourth-order valence-electron chi connectivity index (χ4n) is 1.58. The lowest BCUT2D eigenvalue weighted by Gasteiger charge is -2.27. The average molecular weight is 282 g/mol. The van der Waals surface area contributed by atoms with Crippen molar-refractivity contribution in [1.29, 1.82) is 0 Å². The van der Waals surface area contributed by atoms with Crippen molar-refractivity contribution in [2.75, 3.05) is 6.26 Å². The molecular formula is C13H18N2O3S. The second kappa shape index (κ2) is 6.06. The number of amides is 1. The van der Waals surface area contributed by atoms with Crippen LogP contribution in [-0.2, 0) is 4.79 Å². The van der Waals surface area contributed by atoms with E-state index in [1.165, 1.54) is 11.8 Å². The van der Waals surface area contributed by atoms with Gasteiger partial charge in [-0.05, 0) is 23.8 Å². The molecule has 0 aliphatic heterocycles. The number of hydrogen-bond donors (Lipinski definition) is 2. The van der Waals surface area contributed by atoms with Gasteiger partial charge in [-0.25, -0.2) is 9.78 Å². The van der Waals surface area contributed by atoms with Crippen molar-refractivity contribution >= 4 is 23.6 Å². The highest BCUT2D eigenvalue weighted by molar-refractivity contribution is 7.98. The number of carboxylic acids is 1. The lowest BCUT2D eigenvalue weighted by Crippen LogP contribution is -2.49. The average Bonchev–Trinajstić information content (AvgIpc) is 2.33. The summed E-state index contributed by atoms with van der Waals surface area (Å²) in [6.45, 7) is 5.31. The SMILES string of the molecule is CSc1ncccc1C(=O)NC(C(=O)O)C(C)(C)C. The fraction of sp³-hybridized carbons (Fsp3) is 0.462. The molecule has 1 aromatic heterocycles. The number of nitrogens with zero attached hydrogens (tertiary/aromatic N) is 1. The molecule has 1 aromatic rings. The van der Waals surface area contributed by atoms with E-state index in [1.54, 1.807) is 39.1 Å². The molecule has 104 valence electrons. The molecule has 0 spiro atoms. The molecule has 19 heavy (non-hydrogen) atoms. The van der Waals surface area contributed by atoms with Crippen molar-refractivity contribution in [3.8, 4) is 0 Å². The largest absolute Gasteiger partial charge is 0.480 e. The molecule has 0 saturated carbocycles. The standard InChI is InChI=1S/C13H18N2O3S/c1-13(2,3)9(12(17)18)15-10(16)8-6-5-7-14-11(8)19-4/h5-7,9H,1-4H3,(H,15,16)(H,17,18). The molecule has 2 N–H and O–H groups in total. The summed E-state index contributed by atoms with van der Waals surface area (Å²) in [6, 6.07) is 2.34. The second-order valence-electron chi connectivity index (χ2n) is 5.17. The van der Waals surface area contributed by atoms with Crippen molar-refractivity contribution < 1.29 is 14.7 Å². The number of thioether (sulfide) groups is 1. The van der Waals surface area contributed by atoms with Gasteiger partial charge in [0, 0.05) is 6.20 Å². The predicted molar refractivity (Wildman–Crippen MR) is 74.4 cm³/mol. The topological polar surface area (TPSA) is 79.3 Å². The van der Waals surface area contributed by atoms with Gasteiger partial charge in [-0.3, -0.25) is 4.79 Å². The molecule has 1 atom stereocenters. The highest BCUT2D eigenvalue weighted by Gasteiger charge is 2.33. The predicted octanol–water partition coefficient (Wildman–Crippen LogP) is 2.03. The maximum absolute atomic E-state index is 12.2. The first-order valence-electron chi connectivity index (χ1n) is 5.80. The maximum Gasteiger partial charge on any atom is 0.326 e. The molecular weight excluding hydrogens is 264 g/mol. The van der Waals surface area contributed by atoms with E-state index in [-0.39, 0.29) is 0 Å². The molecule has 0 aromatic carbocycles. The van der Waals surface area contributed by atoms with Crippen LogP contribution in [0.5, 0.6) is 0 Å². The van der Waals surface area contributed by atoms with Crippen LogP contribution < -0.4 is 5.32 Å². The number of rotatable bonds is 4. The Labute approximate surface area is 116 Å². The summed E-state index contributed by atoms with van der Waals surface area (Å²) in [4.78, 5) is 27.5. The highest BCUT2D eigenvalue weighted by atomic mass is 32.2. The van der Waals surface area contributed by atoms with Crippen LogP contribution >= 0.6 is 11.8 Å². The van der Waals surface area contributed by atoms with Crippen LogP contribution in [0.4, 0.5) is 0 Å². The smallest absolute Gasteiger partial charge is 0.326 e. The van der Waals surface area contributed by atoms with Crippen molar-refractivity contribution in [3.05, 3.63) is 23.9 Å². The number of aliphatic carboxylic acids is 1. The van der Waals surface area contributed by atoms with E-state index in [2.05, 4.69) is 10.3 Å². The first-order valence-corrected chi connectivity index (χ1v) is 7.02. The number of nitrogens with one attached hydrogen (secondary N) is 1. The van der Waals surface area contributed by atoms with E-state index < -0.39 is 23.3 Å². The third kappa shape index (κ3) is 3.96. The van der Waals surface area contributed by atoms with Gasteiger partial charge in [0.25, 0.3) is 5.91 Å². The van der Waals surface area contributed by atoms with E-state index >= 15 is 0 Å². The molecule has 0 saturated heterocycles. The van der Waals surface area contributed by atoms with Crippen molar-refractivity contribution in [3.63, 3.8) is 0 Å². The molecule has 0 fully saturated rings. The molecule has 6 heteroatoms. The quantitative estimate of drug-likeness (QED) is 0.826. The van der Waals surface area contributed by atoms with E-state index in [4.69, 9.17) is 0 Å². The van der Waals surface area contributed by atoms with Crippen LogP contribution in [0.3, 0.4) is 0 Å². The zero-order chi connectivity index (χ0) is 14.6. The minimum absolute atomic E-state index is 0.394. The van der Waals surface area contributed by atoms with Gasteiger partial charge in [0.1, 0.15) is 11.1 Å². The van der Waals surface area contributed by atoms with Gasteiger partial charge >= 0.3 is 5.97 Å². The van der Waals surface area contributed by atoms with E-state index in [0.29, 0.717) is 10.6 Å².